The molecule has 1 aromatic heterocycles. The molecular formula is C12H17N3O. The molecule has 1 aliphatic carbocycles. The number of carbonyl (C=O) groups excluding carboxylic acids is 1. The molecule has 0 atom stereocenters. The highest BCUT2D eigenvalue weighted by molar-refractivity contribution is 5.79. The molecule has 0 amide bonds. The molecule has 1 saturated carbocycles. The van der Waals surface area contributed by atoms with Gasteiger partial charge in [-0.15, -0.1) is 0 Å². The van der Waals surface area contributed by atoms with Gasteiger partial charge in [-0.25, -0.2) is 4.98 Å². The predicted molar refractivity (Wildman–Crippen MR) is 62.4 cm³/mol. The van der Waals surface area contributed by atoms with Gasteiger partial charge in [0.1, 0.15) is 11.6 Å². The number of rotatable bonds is 2. The minimum Gasteiger partial charge on any atom is -0.355 e. The van der Waals surface area contributed by atoms with Gasteiger partial charge in [-0.3, -0.25) is 9.78 Å². The molecule has 16 heavy (non-hydrogen) atoms. The van der Waals surface area contributed by atoms with Crippen molar-refractivity contribution in [3.05, 3.63) is 18.1 Å². The average molecular weight is 219 g/mol. The van der Waals surface area contributed by atoms with Crippen LogP contribution in [-0.2, 0) is 4.79 Å². The van der Waals surface area contributed by atoms with E-state index in [-0.39, 0.29) is 0 Å². The molecule has 0 aromatic carbocycles. The zero-order valence-corrected chi connectivity index (χ0v) is 9.81. The maximum Gasteiger partial charge on any atom is 0.150 e. The van der Waals surface area contributed by atoms with Crippen molar-refractivity contribution >= 4 is 11.6 Å². The Morgan fingerprint density at radius 2 is 1.88 bits per heavy atom. The number of hydrogen-bond acceptors (Lipinski definition) is 4. The van der Waals surface area contributed by atoms with Crippen LogP contribution in [0.4, 0.5) is 5.82 Å². The Hall–Kier alpha value is -1.45. The van der Waals surface area contributed by atoms with E-state index in [9.17, 15) is 4.79 Å². The van der Waals surface area contributed by atoms with E-state index in [0.29, 0.717) is 24.7 Å². The highest BCUT2D eigenvalue weighted by Crippen LogP contribution is 2.24. The van der Waals surface area contributed by atoms with Gasteiger partial charge >= 0.3 is 0 Å². The molecular weight excluding hydrogens is 202 g/mol. The Kier molecular flexibility index (Phi) is 3.17. The van der Waals surface area contributed by atoms with Gasteiger partial charge in [-0.1, -0.05) is 0 Å². The second-order valence-corrected chi connectivity index (χ2v) is 4.35. The minimum absolute atomic E-state index is 0.389. The summed E-state index contributed by atoms with van der Waals surface area (Å²) in [5.41, 5.74) is 0.946. The van der Waals surface area contributed by atoms with Gasteiger partial charge in [0.15, 0.2) is 0 Å². The van der Waals surface area contributed by atoms with Crippen molar-refractivity contribution in [2.24, 2.45) is 0 Å². The number of anilines is 1. The first-order valence-corrected chi connectivity index (χ1v) is 5.70. The molecule has 0 unspecified atom stereocenters. The van der Waals surface area contributed by atoms with Gasteiger partial charge in [-0.2, -0.15) is 0 Å². The summed E-state index contributed by atoms with van der Waals surface area (Å²) < 4.78 is 0. The molecule has 2 rings (SSSR count). The number of nitrogens with zero attached hydrogens (tertiary/aromatic N) is 3. The van der Waals surface area contributed by atoms with Gasteiger partial charge in [0.05, 0.1) is 5.69 Å². The van der Waals surface area contributed by atoms with Crippen molar-refractivity contribution < 1.29 is 4.79 Å². The van der Waals surface area contributed by atoms with E-state index >= 15 is 0 Å². The van der Waals surface area contributed by atoms with Crippen LogP contribution < -0.4 is 4.90 Å². The van der Waals surface area contributed by atoms with E-state index in [1.54, 1.807) is 12.4 Å². The quantitative estimate of drug-likeness (QED) is 0.760. The van der Waals surface area contributed by atoms with Crippen molar-refractivity contribution in [1.82, 2.24) is 9.97 Å². The first kappa shape index (κ1) is 11.0. The number of ketones is 1. The summed E-state index contributed by atoms with van der Waals surface area (Å²) in [6.45, 7) is 1.97. The first-order chi connectivity index (χ1) is 7.68. The van der Waals surface area contributed by atoms with Crippen LogP contribution in [0.25, 0.3) is 0 Å². The molecule has 1 aromatic rings. The second-order valence-electron chi connectivity index (χ2n) is 4.35. The maximum absolute atomic E-state index is 11.2. The number of Topliss-reactive ketones (excluding diaryl/α,β-unsaturated/α-hetero) is 1. The summed E-state index contributed by atoms with van der Waals surface area (Å²) in [5, 5.41) is 0. The largest absolute Gasteiger partial charge is 0.355 e. The monoisotopic (exact) mass is 219 g/mol. The van der Waals surface area contributed by atoms with Crippen molar-refractivity contribution in [3.63, 3.8) is 0 Å². The first-order valence-electron chi connectivity index (χ1n) is 5.70. The molecule has 0 N–H and O–H groups in total. The van der Waals surface area contributed by atoms with Crippen LogP contribution in [-0.4, -0.2) is 28.8 Å². The van der Waals surface area contributed by atoms with Gasteiger partial charge < -0.3 is 4.90 Å². The van der Waals surface area contributed by atoms with E-state index in [1.807, 2.05) is 14.0 Å². The summed E-state index contributed by atoms with van der Waals surface area (Å²) >= 11 is 0. The topological polar surface area (TPSA) is 46.1 Å². The number of carbonyl (C=O) groups is 1. The van der Waals surface area contributed by atoms with Gasteiger partial charge in [0, 0.05) is 38.3 Å². The third-order valence-corrected chi connectivity index (χ3v) is 3.25. The molecule has 0 aliphatic heterocycles. The molecule has 86 valence electrons. The molecule has 4 heteroatoms. The fraction of sp³-hybridized carbons (Fsp3) is 0.583. The third-order valence-electron chi connectivity index (χ3n) is 3.25. The number of hydrogen-bond donors (Lipinski definition) is 0. The smallest absolute Gasteiger partial charge is 0.150 e. The standard InChI is InChI=1S/C12H17N3O/c1-9-12(14-8-7-13-9)15(2)10-3-5-11(16)6-4-10/h7-8,10H,3-6H2,1-2H3. The normalized spacial score (nSPS) is 17.5. The van der Waals surface area contributed by atoms with E-state index in [2.05, 4.69) is 14.9 Å². The summed E-state index contributed by atoms with van der Waals surface area (Å²) in [4.78, 5) is 21.9. The molecule has 1 aliphatic rings. The Morgan fingerprint density at radius 3 is 2.50 bits per heavy atom. The SMILES string of the molecule is Cc1nccnc1N(C)C1CCC(=O)CC1. The average Bonchev–Trinajstić information content (AvgIpc) is 2.30. The van der Waals surface area contributed by atoms with Crippen LogP contribution in [0.1, 0.15) is 31.4 Å². The zero-order valence-electron chi connectivity index (χ0n) is 9.81. The number of aryl methyl sites for hydroxylation is 1. The molecule has 1 fully saturated rings. The lowest BCUT2D eigenvalue weighted by Crippen LogP contribution is -2.36. The Morgan fingerprint density at radius 1 is 1.25 bits per heavy atom. The van der Waals surface area contributed by atoms with E-state index in [4.69, 9.17) is 0 Å². The van der Waals surface area contributed by atoms with Crippen LogP contribution in [0.15, 0.2) is 12.4 Å². The lowest BCUT2D eigenvalue weighted by atomic mass is 9.93. The Bertz CT molecular complexity index is 382. The van der Waals surface area contributed by atoms with Crippen molar-refractivity contribution in [3.8, 4) is 0 Å². The van der Waals surface area contributed by atoms with Crippen LogP contribution in [0.2, 0.25) is 0 Å². The maximum atomic E-state index is 11.2. The van der Waals surface area contributed by atoms with Crippen LogP contribution >= 0.6 is 0 Å². The Balaban J connectivity index is 2.10. The van der Waals surface area contributed by atoms with Crippen molar-refractivity contribution in [1.29, 1.82) is 0 Å². The highest BCUT2D eigenvalue weighted by atomic mass is 16.1. The molecule has 1 heterocycles. The molecule has 0 bridgehead atoms. The summed E-state index contributed by atoms with van der Waals surface area (Å²) in [7, 11) is 2.04. The Labute approximate surface area is 95.7 Å². The lowest BCUT2D eigenvalue weighted by molar-refractivity contribution is -0.120. The lowest BCUT2D eigenvalue weighted by Gasteiger charge is -2.32. The molecule has 0 spiro atoms. The predicted octanol–water partition coefficient (Wildman–Crippen LogP) is 1.73. The summed E-state index contributed by atoms with van der Waals surface area (Å²) in [6, 6.07) is 0.424. The fourth-order valence-corrected chi connectivity index (χ4v) is 2.23. The van der Waals surface area contributed by atoms with Gasteiger partial charge in [0.25, 0.3) is 0 Å². The van der Waals surface area contributed by atoms with Crippen LogP contribution in [0.3, 0.4) is 0 Å². The molecule has 0 saturated heterocycles. The van der Waals surface area contributed by atoms with Crippen molar-refractivity contribution in [2.45, 2.75) is 38.6 Å². The minimum atomic E-state index is 0.389. The summed E-state index contributed by atoms with van der Waals surface area (Å²) in [5.74, 6) is 1.32. The highest BCUT2D eigenvalue weighted by Gasteiger charge is 2.23. The van der Waals surface area contributed by atoms with Crippen LogP contribution in [0.5, 0.6) is 0 Å². The van der Waals surface area contributed by atoms with Crippen LogP contribution in [0, 0.1) is 6.92 Å². The number of aromatic nitrogens is 2. The summed E-state index contributed by atoms with van der Waals surface area (Å²) in [6.07, 6.45) is 6.70. The zero-order chi connectivity index (χ0) is 11.5. The van der Waals surface area contributed by atoms with Gasteiger partial charge in [-0.05, 0) is 19.8 Å². The molecule has 0 radical (unpaired) electrons. The second kappa shape index (κ2) is 4.60. The third kappa shape index (κ3) is 2.21. The van der Waals surface area contributed by atoms with E-state index in [1.165, 1.54) is 0 Å². The van der Waals surface area contributed by atoms with Crippen molar-refractivity contribution in [2.75, 3.05) is 11.9 Å². The molecule has 4 nitrogen and oxygen atoms in total. The fourth-order valence-electron chi connectivity index (χ4n) is 2.23. The van der Waals surface area contributed by atoms with E-state index in [0.717, 1.165) is 24.4 Å². The van der Waals surface area contributed by atoms with E-state index < -0.39 is 0 Å². The van der Waals surface area contributed by atoms with Gasteiger partial charge in [0.2, 0.25) is 0 Å².